The standard InChI is InChI=1S/C22H22N4O3.C3H3ClO/c1-3-21(27)20-14-19(12-13-24-20)29-18-10-8-17(9-11-18)26-22(28)25-16-6-4-15(23-2)5-7-16;1-2-3(4)5/h4-14,23H,3H2,1-2H3,(H2,25,26,28);2H,1H2. The van der Waals surface area contributed by atoms with Crippen molar-refractivity contribution in [2.24, 2.45) is 0 Å². The van der Waals surface area contributed by atoms with Gasteiger partial charge in [-0.15, -0.1) is 0 Å². The van der Waals surface area contributed by atoms with Gasteiger partial charge in [-0.25, -0.2) is 4.79 Å². The second-order valence-electron chi connectivity index (χ2n) is 6.69. The number of carbonyl (C=O) groups is 3. The number of halogens is 1. The van der Waals surface area contributed by atoms with Crippen molar-refractivity contribution in [2.45, 2.75) is 13.3 Å². The van der Waals surface area contributed by atoms with E-state index >= 15 is 0 Å². The number of aromatic nitrogens is 1. The third-order valence-electron chi connectivity index (χ3n) is 4.28. The van der Waals surface area contributed by atoms with Crippen molar-refractivity contribution in [1.82, 2.24) is 4.98 Å². The number of pyridine rings is 1. The minimum Gasteiger partial charge on any atom is -0.457 e. The first-order chi connectivity index (χ1) is 16.3. The van der Waals surface area contributed by atoms with Gasteiger partial charge in [0.1, 0.15) is 17.2 Å². The number of anilines is 3. The Morgan fingerprint density at radius 2 is 1.47 bits per heavy atom. The van der Waals surface area contributed by atoms with Gasteiger partial charge in [-0.05, 0) is 72.3 Å². The topological polar surface area (TPSA) is 109 Å². The number of ether oxygens (including phenoxy) is 1. The van der Waals surface area contributed by atoms with E-state index in [2.05, 4.69) is 27.5 Å². The van der Waals surface area contributed by atoms with Crippen molar-refractivity contribution < 1.29 is 19.1 Å². The monoisotopic (exact) mass is 480 g/mol. The molecule has 0 unspecified atom stereocenters. The van der Waals surface area contributed by atoms with E-state index in [0.29, 0.717) is 35.0 Å². The molecule has 2 amide bonds. The molecule has 3 aromatic rings. The van der Waals surface area contributed by atoms with Gasteiger partial charge in [-0.3, -0.25) is 14.6 Å². The molecule has 0 bridgehead atoms. The molecule has 1 aromatic heterocycles. The molecule has 9 heteroatoms. The van der Waals surface area contributed by atoms with E-state index < -0.39 is 5.24 Å². The number of benzene rings is 2. The number of Topliss-reactive ketones (excluding diaryl/α,β-unsaturated/α-hetero) is 1. The molecular weight excluding hydrogens is 456 g/mol. The number of hydrogen-bond donors (Lipinski definition) is 3. The molecule has 0 aliphatic heterocycles. The quantitative estimate of drug-likeness (QED) is 0.204. The Bertz CT molecular complexity index is 1130. The fourth-order valence-electron chi connectivity index (χ4n) is 2.56. The average Bonchev–Trinajstić information content (AvgIpc) is 2.85. The van der Waals surface area contributed by atoms with E-state index in [-0.39, 0.29) is 11.8 Å². The van der Waals surface area contributed by atoms with E-state index in [1.807, 2.05) is 31.3 Å². The summed E-state index contributed by atoms with van der Waals surface area (Å²) in [6.07, 6.45) is 2.97. The summed E-state index contributed by atoms with van der Waals surface area (Å²) in [7, 11) is 1.83. The van der Waals surface area contributed by atoms with Gasteiger partial charge in [-0.2, -0.15) is 0 Å². The summed E-state index contributed by atoms with van der Waals surface area (Å²) < 4.78 is 5.76. The molecule has 3 N–H and O–H groups in total. The van der Waals surface area contributed by atoms with Crippen LogP contribution in [0.3, 0.4) is 0 Å². The molecular formula is C25H25ClN4O4. The molecule has 3 rings (SSSR count). The molecule has 0 saturated heterocycles. The number of amides is 2. The molecule has 0 saturated carbocycles. The summed E-state index contributed by atoms with van der Waals surface area (Å²) in [5, 5.41) is 8.05. The number of ketones is 1. The van der Waals surface area contributed by atoms with Crippen LogP contribution in [0.5, 0.6) is 11.5 Å². The van der Waals surface area contributed by atoms with Crippen LogP contribution in [0.15, 0.2) is 79.5 Å². The molecule has 0 spiro atoms. The number of nitrogens with zero attached hydrogens (tertiary/aromatic N) is 1. The number of hydrogen-bond acceptors (Lipinski definition) is 6. The van der Waals surface area contributed by atoms with Gasteiger partial charge in [-0.1, -0.05) is 13.5 Å². The molecule has 0 atom stereocenters. The minimum absolute atomic E-state index is 0.0402. The first-order valence-electron chi connectivity index (χ1n) is 10.3. The van der Waals surface area contributed by atoms with Gasteiger partial charge in [0.15, 0.2) is 5.78 Å². The summed E-state index contributed by atoms with van der Waals surface area (Å²) in [5.41, 5.74) is 2.66. The molecule has 1 heterocycles. The lowest BCUT2D eigenvalue weighted by Crippen LogP contribution is -2.19. The molecule has 0 aliphatic carbocycles. The van der Waals surface area contributed by atoms with Crippen molar-refractivity contribution in [3.8, 4) is 11.5 Å². The van der Waals surface area contributed by atoms with Crippen molar-refractivity contribution in [2.75, 3.05) is 23.0 Å². The SMILES string of the molecule is C=CC(=O)Cl.CCC(=O)c1cc(Oc2ccc(NC(=O)Nc3ccc(NC)cc3)cc2)ccn1. The zero-order valence-corrected chi connectivity index (χ0v) is 19.6. The zero-order valence-electron chi connectivity index (χ0n) is 18.8. The number of urea groups is 1. The third kappa shape index (κ3) is 8.76. The summed E-state index contributed by atoms with van der Waals surface area (Å²) in [6, 6.07) is 17.3. The fourth-order valence-corrected chi connectivity index (χ4v) is 2.56. The average molecular weight is 481 g/mol. The third-order valence-corrected chi connectivity index (χ3v) is 4.43. The lowest BCUT2D eigenvalue weighted by atomic mass is 10.2. The Hall–Kier alpha value is -4.17. The maximum absolute atomic E-state index is 12.1. The Kier molecular flexibility index (Phi) is 10.3. The van der Waals surface area contributed by atoms with Crippen LogP contribution in [-0.2, 0) is 4.79 Å². The molecule has 0 radical (unpaired) electrons. The van der Waals surface area contributed by atoms with E-state index in [1.54, 1.807) is 49.5 Å². The van der Waals surface area contributed by atoms with Crippen molar-refractivity contribution >= 4 is 45.7 Å². The molecule has 176 valence electrons. The highest BCUT2D eigenvalue weighted by atomic mass is 35.5. The van der Waals surface area contributed by atoms with Crippen LogP contribution in [0.25, 0.3) is 0 Å². The van der Waals surface area contributed by atoms with Gasteiger partial charge in [0.2, 0.25) is 5.24 Å². The van der Waals surface area contributed by atoms with E-state index in [9.17, 15) is 14.4 Å². The summed E-state index contributed by atoms with van der Waals surface area (Å²) in [6.45, 7) is 4.87. The highest BCUT2D eigenvalue weighted by Crippen LogP contribution is 2.23. The van der Waals surface area contributed by atoms with E-state index in [0.717, 1.165) is 11.8 Å². The minimum atomic E-state index is -0.509. The smallest absolute Gasteiger partial charge is 0.323 e. The van der Waals surface area contributed by atoms with Crippen LogP contribution in [0.1, 0.15) is 23.8 Å². The second kappa shape index (κ2) is 13.4. The van der Waals surface area contributed by atoms with Gasteiger partial charge >= 0.3 is 6.03 Å². The van der Waals surface area contributed by atoms with Gasteiger partial charge in [0, 0.05) is 42.8 Å². The van der Waals surface area contributed by atoms with Crippen LogP contribution in [0.4, 0.5) is 21.9 Å². The van der Waals surface area contributed by atoms with Crippen LogP contribution in [-0.4, -0.2) is 29.1 Å². The Labute approximate surface area is 203 Å². The molecule has 8 nitrogen and oxygen atoms in total. The second-order valence-corrected chi connectivity index (χ2v) is 7.07. The maximum Gasteiger partial charge on any atom is 0.323 e. The van der Waals surface area contributed by atoms with E-state index in [4.69, 9.17) is 16.3 Å². The van der Waals surface area contributed by atoms with Crippen LogP contribution >= 0.6 is 11.6 Å². The van der Waals surface area contributed by atoms with E-state index in [1.165, 1.54) is 0 Å². The Morgan fingerprint density at radius 1 is 0.941 bits per heavy atom. The van der Waals surface area contributed by atoms with Crippen LogP contribution < -0.4 is 20.7 Å². The first kappa shape index (κ1) is 26.1. The largest absolute Gasteiger partial charge is 0.457 e. The van der Waals surface area contributed by atoms with Gasteiger partial charge in [0.05, 0.1) is 0 Å². The van der Waals surface area contributed by atoms with Gasteiger partial charge < -0.3 is 20.7 Å². The van der Waals surface area contributed by atoms with Crippen LogP contribution in [0, 0.1) is 0 Å². The molecule has 2 aromatic carbocycles. The predicted molar refractivity (Wildman–Crippen MR) is 135 cm³/mol. The summed E-state index contributed by atoms with van der Waals surface area (Å²) in [5.74, 6) is 1.07. The van der Waals surface area contributed by atoms with Crippen LogP contribution in [0.2, 0.25) is 0 Å². The summed E-state index contributed by atoms with van der Waals surface area (Å²) in [4.78, 5) is 37.4. The predicted octanol–water partition coefficient (Wildman–Crippen LogP) is 6.09. The molecule has 0 fully saturated rings. The Balaban J connectivity index is 0.000000739. The van der Waals surface area contributed by atoms with Gasteiger partial charge in [0.25, 0.3) is 0 Å². The highest BCUT2D eigenvalue weighted by Gasteiger charge is 2.07. The van der Waals surface area contributed by atoms with Crippen molar-refractivity contribution in [3.05, 3.63) is 85.2 Å². The fraction of sp³-hybridized carbons (Fsp3) is 0.120. The first-order valence-corrected chi connectivity index (χ1v) is 10.7. The number of rotatable bonds is 8. The van der Waals surface area contributed by atoms with Crippen molar-refractivity contribution in [1.29, 1.82) is 0 Å². The van der Waals surface area contributed by atoms with Crippen molar-refractivity contribution in [3.63, 3.8) is 0 Å². The molecule has 34 heavy (non-hydrogen) atoms. The Morgan fingerprint density at radius 3 is 1.97 bits per heavy atom. The summed E-state index contributed by atoms with van der Waals surface area (Å²) >= 11 is 4.71. The number of carbonyl (C=O) groups excluding carboxylic acids is 3. The number of allylic oxidation sites excluding steroid dienone is 1. The lowest BCUT2D eigenvalue weighted by Gasteiger charge is -2.10. The molecule has 0 aliphatic rings. The maximum atomic E-state index is 12.1. The number of nitrogens with one attached hydrogen (secondary N) is 3. The zero-order chi connectivity index (χ0) is 24.9. The normalized spacial score (nSPS) is 9.62. The lowest BCUT2D eigenvalue weighted by molar-refractivity contribution is -0.107. The highest BCUT2D eigenvalue weighted by molar-refractivity contribution is 6.66.